The highest BCUT2D eigenvalue weighted by atomic mass is 16.3. The monoisotopic (exact) mass is 248 g/mol. The van der Waals surface area contributed by atoms with Crippen molar-refractivity contribution in [1.82, 2.24) is 0 Å². The fourth-order valence-electron chi connectivity index (χ4n) is 4.13. The molecule has 0 radical (unpaired) electrons. The van der Waals surface area contributed by atoms with Crippen LogP contribution in [0.1, 0.15) is 40.5 Å². The number of fused-ring (bicyclic) bond motifs is 3. The summed E-state index contributed by atoms with van der Waals surface area (Å²) in [5.41, 5.74) is 1.93. The maximum absolute atomic E-state index is 12.4. The Labute approximate surface area is 107 Å². The van der Waals surface area contributed by atoms with E-state index in [1.165, 1.54) is 5.57 Å². The van der Waals surface area contributed by atoms with Crippen molar-refractivity contribution in [1.29, 1.82) is 0 Å². The Morgan fingerprint density at radius 2 is 1.89 bits per heavy atom. The standard InChI is InChI=1S/C15H20O3/c1-7-9-5-6-14(9,3)11-10(12(7)16)8(2)15(4,18)13(11)17/h11,13,17-18H,5-6H2,1-4H3/t11?,13-,14-,15+/m0/s1. The Hall–Kier alpha value is -0.930. The third-order valence-corrected chi connectivity index (χ3v) is 5.67. The van der Waals surface area contributed by atoms with Crippen LogP contribution in [0.3, 0.4) is 0 Å². The van der Waals surface area contributed by atoms with Gasteiger partial charge in [0.25, 0.3) is 0 Å². The second-order valence-electron chi connectivity index (χ2n) is 6.46. The van der Waals surface area contributed by atoms with E-state index < -0.39 is 11.7 Å². The number of carbonyl (C=O) groups is 1. The Morgan fingerprint density at radius 3 is 2.39 bits per heavy atom. The number of aliphatic hydroxyl groups is 2. The summed E-state index contributed by atoms with van der Waals surface area (Å²) in [6, 6.07) is 0. The van der Waals surface area contributed by atoms with E-state index in [1.807, 2.05) is 6.92 Å². The Morgan fingerprint density at radius 1 is 1.28 bits per heavy atom. The molecule has 18 heavy (non-hydrogen) atoms. The molecule has 3 aliphatic rings. The molecule has 1 fully saturated rings. The van der Waals surface area contributed by atoms with Crippen LogP contribution in [0.2, 0.25) is 0 Å². The lowest BCUT2D eigenvalue weighted by molar-refractivity contribution is -0.116. The molecule has 0 amide bonds. The molecule has 98 valence electrons. The van der Waals surface area contributed by atoms with Crippen molar-refractivity contribution in [3.8, 4) is 0 Å². The largest absolute Gasteiger partial charge is 0.389 e. The Balaban J connectivity index is 2.26. The summed E-state index contributed by atoms with van der Waals surface area (Å²) >= 11 is 0. The molecule has 0 saturated heterocycles. The summed E-state index contributed by atoms with van der Waals surface area (Å²) in [6.07, 6.45) is 1.07. The molecule has 0 aromatic rings. The third-order valence-electron chi connectivity index (χ3n) is 5.67. The highest BCUT2D eigenvalue weighted by molar-refractivity contribution is 6.11. The summed E-state index contributed by atoms with van der Waals surface area (Å²) < 4.78 is 0. The van der Waals surface area contributed by atoms with Gasteiger partial charge >= 0.3 is 0 Å². The van der Waals surface area contributed by atoms with Gasteiger partial charge in [-0.2, -0.15) is 0 Å². The van der Waals surface area contributed by atoms with Crippen molar-refractivity contribution < 1.29 is 15.0 Å². The van der Waals surface area contributed by atoms with Gasteiger partial charge in [0.15, 0.2) is 5.78 Å². The molecule has 3 heteroatoms. The Kier molecular flexibility index (Phi) is 2.12. The Bertz CT molecular complexity index is 524. The second kappa shape index (κ2) is 3.14. The number of hydrogen-bond acceptors (Lipinski definition) is 3. The summed E-state index contributed by atoms with van der Waals surface area (Å²) in [5.74, 6) is -0.200. The summed E-state index contributed by atoms with van der Waals surface area (Å²) in [4.78, 5) is 12.4. The molecule has 1 saturated carbocycles. The molecule has 0 bridgehead atoms. The van der Waals surface area contributed by atoms with Crippen molar-refractivity contribution in [3.05, 3.63) is 22.3 Å². The third kappa shape index (κ3) is 1.06. The molecule has 0 heterocycles. The van der Waals surface area contributed by atoms with Gasteiger partial charge in [-0.25, -0.2) is 0 Å². The molecule has 3 rings (SSSR count). The van der Waals surface area contributed by atoms with Crippen molar-refractivity contribution in [2.24, 2.45) is 11.3 Å². The van der Waals surface area contributed by atoms with Crippen LogP contribution in [-0.2, 0) is 4.79 Å². The molecule has 4 atom stereocenters. The van der Waals surface area contributed by atoms with Crippen LogP contribution in [-0.4, -0.2) is 27.7 Å². The molecule has 0 aromatic carbocycles. The predicted molar refractivity (Wildman–Crippen MR) is 67.9 cm³/mol. The lowest BCUT2D eigenvalue weighted by Crippen LogP contribution is -2.51. The average Bonchev–Trinajstić information content (AvgIpc) is 2.45. The van der Waals surface area contributed by atoms with E-state index in [-0.39, 0.29) is 17.1 Å². The van der Waals surface area contributed by atoms with Gasteiger partial charge in [-0.15, -0.1) is 0 Å². The summed E-state index contributed by atoms with van der Waals surface area (Å²) in [7, 11) is 0. The normalized spacial score (nSPS) is 47.1. The lowest BCUT2D eigenvalue weighted by Gasteiger charge is -2.52. The number of aliphatic hydroxyl groups excluding tert-OH is 1. The van der Waals surface area contributed by atoms with Crippen LogP contribution < -0.4 is 0 Å². The number of hydrogen-bond donors (Lipinski definition) is 2. The van der Waals surface area contributed by atoms with E-state index in [2.05, 4.69) is 6.92 Å². The van der Waals surface area contributed by atoms with Crippen LogP contribution in [0.4, 0.5) is 0 Å². The number of carbonyl (C=O) groups excluding carboxylic acids is 1. The zero-order chi connectivity index (χ0) is 13.5. The molecule has 3 nitrogen and oxygen atoms in total. The minimum Gasteiger partial charge on any atom is -0.389 e. The fourth-order valence-corrected chi connectivity index (χ4v) is 4.13. The molecule has 0 spiro atoms. The van der Waals surface area contributed by atoms with Gasteiger partial charge in [0.1, 0.15) is 5.60 Å². The summed E-state index contributed by atoms with van der Waals surface area (Å²) in [6.45, 7) is 7.38. The summed E-state index contributed by atoms with van der Waals surface area (Å²) in [5, 5.41) is 20.9. The van der Waals surface area contributed by atoms with Gasteiger partial charge in [-0.05, 0) is 50.2 Å². The topological polar surface area (TPSA) is 57.5 Å². The van der Waals surface area contributed by atoms with Crippen LogP contribution >= 0.6 is 0 Å². The smallest absolute Gasteiger partial charge is 0.185 e. The maximum atomic E-state index is 12.4. The van der Waals surface area contributed by atoms with Gasteiger partial charge in [0, 0.05) is 11.5 Å². The SMILES string of the molecule is CC1=C2CC[C@]2(C)C2C(=C(C)[C@@](C)(O)[C@H]2O)C1=O. The van der Waals surface area contributed by atoms with E-state index in [0.717, 1.165) is 18.4 Å². The van der Waals surface area contributed by atoms with Crippen LogP contribution in [0.5, 0.6) is 0 Å². The fraction of sp³-hybridized carbons (Fsp3) is 0.667. The highest BCUT2D eigenvalue weighted by Gasteiger charge is 2.61. The maximum Gasteiger partial charge on any atom is 0.185 e. The van der Waals surface area contributed by atoms with Gasteiger partial charge in [0.2, 0.25) is 0 Å². The van der Waals surface area contributed by atoms with Crippen LogP contribution in [0.25, 0.3) is 0 Å². The van der Waals surface area contributed by atoms with E-state index in [0.29, 0.717) is 11.1 Å². The van der Waals surface area contributed by atoms with E-state index >= 15 is 0 Å². The van der Waals surface area contributed by atoms with Crippen molar-refractivity contribution in [2.75, 3.05) is 0 Å². The van der Waals surface area contributed by atoms with Crippen LogP contribution in [0.15, 0.2) is 22.3 Å². The van der Waals surface area contributed by atoms with E-state index in [4.69, 9.17) is 0 Å². The van der Waals surface area contributed by atoms with Crippen LogP contribution in [0, 0.1) is 11.3 Å². The second-order valence-corrected chi connectivity index (χ2v) is 6.46. The molecular formula is C15H20O3. The first-order chi connectivity index (χ1) is 8.23. The molecule has 1 unspecified atom stereocenters. The van der Waals surface area contributed by atoms with Crippen molar-refractivity contribution in [2.45, 2.75) is 52.2 Å². The van der Waals surface area contributed by atoms with Crippen molar-refractivity contribution >= 4 is 5.78 Å². The quantitative estimate of drug-likeness (QED) is 0.686. The zero-order valence-electron chi connectivity index (χ0n) is 11.4. The van der Waals surface area contributed by atoms with E-state index in [9.17, 15) is 15.0 Å². The van der Waals surface area contributed by atoms with Gasteiger partial charge in [0.05, 0.1) is 6.10 Å². The average molecular weight is 248 g/mol. The molecule has 2 N–H and O–H groups in total. The lowest BCUT2D eigenvalue weighted by atomic mass is 9.52. The minimum atomic E-state index is -1.27. The number of Topliss-reactive ketones (excluding diaryl/α,β-unsaturated/α-hetero) is 1. The molecular weight excluding hydrogens is 228 g/mol. The van der Waals surface area contributed by atoms with Gasteiger partial charge in [-0.3, -0.25) is 4.79 Å². The first-order valence-electron chi connectivity index (χ1n) is 6.59. The predicted octanol–water partition coefficient (Wildman–Crippen LogP) is 1.74. The number of ketones is 1. The first kappa shape index (κ1) is 12.1. The van der Waals surface area contributed by atoms with Crippen molar-refractivity contribution in [3.63, 3.8) is 0 Å². The molecule has 3 aliphatic carbocycles. The zero-order valence-corrected chi connectivity index (χ0v) is 11.4. The first-order valence-corrected chi connectivity index (χ1v) is 6.59. The molecule has 0 aliphatic heterocycles. The molecule has 0 aromatic heterocycles. The van der Waals surface area contributed by atoms with Gasteiger partial charge < -0.3 is 10.2 Å². The highest BCUT2D eigenvalue weighted by Crippen LogP contribution is 2.63. The van der Waals surface area contributed by atoms with E-state index in [1.54, 1.807) is 13.8 Å². The number of rotatable bonds is 0. The van der Waals surface area contributed by atoms with Gasteiger partial charge in [-0.1, -0.05) is 12.5 Å². The number of allylic oxidation sites excluding steroid dienone is 2. The minimum absolute atomic E-state index is 0.0292.